The molecule has 4 nitrogen and oxygen atoms in total. The van der Waals surface area contributed by atoms with Gasteiger partial charge in [0.25, 0.3) is 0 Å². The van der Waals surface area contributed by atoms with Gasteiger partial charge in [0.1, 0.15) is 5.82 Å². The van der Waals surface area contributed by atoms with E-state index in [-0.39, 0.29) is 0 Å². The van der Waals surface area contributed by atoms with Crippen molar-refractivity contribution in [2.24, 2.45) is 0 Å². The molecule has 4 heteroatoms. The van der Waals surface area contributed by atoms with Crippen LogP contribution in [0, 0.1) is 13.8 Å². The topological polar surface area (TPSA) is 43.6 Å². The van der Waals surface area contributed by atoms with Crippen LogP contribution in [0.25, 0.3) is 72.8 Å². The molecule has 0 saturated heterocycles. The van der Waals surface area contributed by atoms with Crippen molar-refractivity contribution in [1.82, 2.24) is 19.5 Å². The molecule has 0 spiro atoms. The number of rotatable bonds is 5. The van der Waals surface area contributed by atoms with E-state index in [1.807, 2.05) is 48.5 Å². The molecule has 0 N–H and O–H groups in total. The Kier molecular flexibility index (Phi) is 6.54. The Morgan fingerprint density at radius 2 is 0.867 bits per heavy atom. The predicted molar refractivity (Wildman–Crippen MR) is 185 cm³/mol. The number of imidazole rings is 1. The fourth-order valence-electron chi connectivity index (χ4n) is 6.00. The van der Waals surface area contributed by atoms with Crippen LogP contribution < -0.4 is 0 Å². The van der Waals surface area contributed by atoms with Crippen LogP contribution in [-0.2, 0) is 0 Å². The Labute approximate surface area is 262 Å². The smallest absolute Gasteiger partial charge is 0.145 e. The summed E-state index contributed by atoms with van der Waals surface area (Å²) in [6, 6.07) is 50.6. The largest absolute Gasteiger partial charge is 0.292 e. The Morgan fingerprint density at radius 3 is 1.47 bits per heavy atom. The number of nitrogens with zero attached hydrogens (tertiary/aromatic N) is 4. The molecule has 0 aliphatic carbocycles. The second-order valence-electron chi connectivity index (χ2n) is 11.5. The number of hydrogen-bond donors (Lipinski definition) is 0. The van der Waals surface area contributed by atoms with Gasteiger partial charge in [-0.3, -0.25) is 4.57 Å². The van der Waals surface area contributed by atoms with Gasteiger partial charge < -0.3 is 0 Å². The second-order valence-corrected chi connectivity index (χ2v) is 11.5. The van der Waals surface area contributed by atoms with Crippen molar-refractivity contribution in [2.75, 3.05) is 0 Å². The molecule has 45 heavy (non-hydrogen) atoms. The van der Waals surface area contributed by atoms with Crippen LogP contribution >= 0.6 is 0 Å². The highest BCUT2D eigenvalue weighted by atomic mass is 15.1. The number of aryl methyl sites for hydroxylation is 2. The zero-order chi connectivity index (χ0) is 30.3. The van der Waals surface area contributed by atoms with Crippen molar-refractivity contribution < 1.29 is 0 Å². The van der Waals surface area contributed by atoms with Crippen LogP contribution in [0.1, 0.15) is 11.1 Å². The molecule has 0 unspecified atom stereocenters. The van der Waals surface area contributed by atoms with Crippen molar-refractivity contribution in [3.8, 4) is 50.7 Å². The summed E-state index contributed by atoms with van der Waals surface area (Å²) < 4.78 is 2.26. The predicted octanol–water partition coefficient (Wildman–Crippen LogP) is 10.3. The van der Waals surface area contributed by atoms with Gasteiger partial charge in [-0.25, -0.2) is 15.0 Å². The Hall–Kier alpha value is -5.87. The van der Waals surface area contributed by atoms with E-state index >= 15 is 0 Å². The first-order chi connectivity index (χ1) is 22.1. The maximum Gasteiger partial charge on any atom is 0.145 e. The number of benzene rings is 6. The lowest BCUT2D eigenvalue weighted by atomic mass is 9.99. The summed E-state index contributed by atoms with van der Waals surface area (Å²) in [5, 5.41) is 0. The van der Waals surface area contributed by atoms with Gasteiger partial charge in [-0.2, -0.15) is 0 Å². The first kappa shape index (κ1) is 26.7. The van der Waals surface area contributed by atoms with Crippen LogP contribution in [-0.4, -0.2) is 19.5 Å². The Morgan fingerprint density at radius 1 is 0.400 bits per heavy atom. The van der Waals surface area contributed by atoms with Gasteiger partial charge in [0.05, 0.1) is 33.5 Å². The van der Waals surface area contributed by atoms with E-state index in [9.17, 15) is 0 Å². The molecule has 0 radical (unpaired) electrons. The highest BCUT2D eigenvalue weighted by Crippen LogP contribution is 2.34. The normalized spacial score (nSPS) is 11.3. The van der Waals surface area contributed by atoms with E-state index in [4.69, 9.17) is 15.0 Å². The van der Waals surface area contributed by atoms with Crippen molar-refractivity contribution in [2.45, 2.75) is 13.8 Å². The highest BCUT2D eigenvalue weighted by Gasteiger charge is 2.16. The number of para-hydroxylation sites is 3. The summed E-state index contributed by atoms with van der Waals surface area (Å²) in [4.78, 5) is 15.2. The lowest BCUT2D eigenvalue weighted by Crippen LogP contribution is -1.97. The summed E-state index contributed by atoms with van der Waals surface area (Å²) in [6.07, 6.45) is 0. The van der Waals surface area contributed by atoms with E-state index in [1.54, 1.807) is 0 Å². The average Bonchev–Trinajstić information content (AvgIpc) is 3.46. The van der Waals surface area contributed by atoms with Crippen LogP contribution in [0.3, 0.4) is 0 Å². The van der Waals surface area contributed by atoms with Crippen molar-refractivity contribution in [3.05, 3.63) is 157 Å². The molecule has 2 heterocycles. The second kappa shape index (κ2) is 11.0. The van der Waals surface area contributed by atoms with Gasteiger partial charge in [-0.15, -0.1) is 0 Å². The fourth-order valence-corrected chi connectivity index (χ4v) is 6.00. The molecule has 0 amide bonds. The molecule has 214 valence electrons. The summed E-state index contributed by atoms with van der Waals surface area (Å²) >= 11 is 0. The van der Waals surface area contributed by atoms with Gasteiger partial charge in [0, 0.05) is 22.4 Å². The zero-order valence-electron chi connectivity index (χ0n) is 25.1. The van der Waals surface area contributed by atoms with E-state index in [2.05, 4.69) is 115 Å². The molecule has 2 aromatic heterocycles. The number of aromatic nitrogens is 4. The quantitative estimate of drug-likeness (QED) is 0.204. The van der Waals surface area contributed by atoms with Crippen LogP contribution in [0.4, 0.5) is 0 Å². The molecule has 0 bridgehead atoms. The third kappa shape index (κ3) is 4.87. The minimum Gasteiger partial charge on any atom is -0.292 e. The summed E-state index contributed by atoms with van der Waals surface area (Å²) in [5.41, 5.74) is 14.7. The van der Waals surface area contributed by atoms with E-state index in [0.717, 1.165) is 72.8 Å². The molecule has 6 aromatic carbocycles. The molecule has 8 rings (SSSR count). The lowest BCUT2D eigenvalue weighted by Gasteiger charge is -2.12. The third-order valence-corrected chi connectivity index (χ3v) is 8.54. The monoisotopic (exact) mass is 578 g/mol. The third-order valence-electron chi connectivity index (χ3n) is 8.54. The standard InChI is InChI=1S/C41H30N4/c1-27-25-37-38(26-28(27)2)45(34-13-7-4-8-14-34)41(44-37)33-23-19-30(20-24-33)29-17-21-32(22-18-29)40-39(31-11-5-3-6-12-31)42-35-15-9-10-16-36(35)43-40/h3-26H,1-2H3. The van der Waals surface area contributed by atoms with Crippen LogP contribution in [0.15, 0.2) is 146 Å². The number of hydrogen-bond acceptors (Lipinski definition) is 3. The maximum absolute atomic E-state index is 5.11. The van der Waals surface area contributed by atoms with E-state index < -0.39 is 0 Å². The van der Waals surface area contributed by atoms with Gasteiger partial charge in [-0.05, 0) is 72.5 Å². The SMILES string of the molecule is Cc1cc2nc(-c3ccc(-c4ccc(-c5nc6ccccc6nc5-c5ccccc5)cc4)cc3)n(-c3ccccc3)c2cc1C. The molecule has 0 aliphatic heterocycles. The van der Waals surface area contributed by atoms with Crippen LogP contribution in [0.5, 0.6) is 0 Å². The minimum absolute atomic E-state index is 0.882. The first-order valence-electron chi connectivity index (χ1n) is 15.2. The van der Waals surface area contributed by atoms with E-state index in [0.29, 0.717) is 0 Å². The molecular formula is C41H30N4. The van der Waals surface area contributed by atoms with Gasteiger partial charge in [0.2, 0.25) is 0 Å². The molecule has 0 aliphatic rings. The van der Waals surface area contributed by atoms with Gasteiger partial charge in [0.15, 0.2) is 0 Å². The molecule has 8 aromatic rings. The average molecular weight is 579 g/mol. The van der Waals surface area contributed by atoms with Gasteiger partial charge in [-0.1, -0.05) is 109 Å². The van der Waals surface area contributed by atoms with Gasteiger partial charge >= 0.3 is 0 Å². The fraction of sp³-hybridized carbons (Fsp3) is 0.0488. The Balaban J connectivity index is 1.17. The molecule has 0 saturated carbocycles. The summed E-state index contributed by atoms with van der Waals surface area (Å²) in [5.74, 6) is 0.936. The first-order valence-corrected chi connectivity index (χ1v) is 15.2. The zero-order valence-corrected chi connectivity index (χ0v) is 25.1. The molecular weight excluding hydrogens is 548 g/mol. The molecule has 0 fully saturated rings. The van der Waals surface area contributed by atoms with Crippen LogP contribution in [0.2, 0.25) is 0 Å². The highest BCUT2D eigenvalue weighted by molar-refractivity contribution is 5.87. The molecule has 0 atom stereocenters. The minimum atomic E-state index is 0.882. The van der Waals surface area contributed by atoms with Crippen molar-refractivity contribution in [1.29, 1.82) is 0 Å². The van der Waals surface area contributed by atoms with Crippen molar-refractivity contribution in [3.63, 3.8) is 0 Å². The summed E-state index contributed by atoms with van der Waals surface area (Å²) in [7, 11) is 0. The number of fused-ring (bicyclic) bond motifs is 2. The van der Waals surface area contributed by atoms with Crippen molar-refractivity contribution >= 4 is 22.1 Å². The summed E-state index contributed by atoms with van der Waals surface area (Å²) in [6.45, 7) is 4.30. The van der Waals surface area contributed by atoms with E-state index in [1.165, 1.54) is 11.1 Å². The lowest BCUT2D eigenvalue weighted by molar-refractivity contribution is 1.10. The maximum atomic E-state index is 5.11. The Bertz CT molecular complexity index is 2300.